The molecule has 226 valence electrons. The topological polar surface area (TPSA) is 65.0 Å². The number of fused-ring (bicyclic) bond motifs is 1. The van der Waals surface area contributed by atoms with Crippen LogP contribution in [0.3, 0.4) is 0 Å². The predicted octanol–water partition coefficient (Wildman–Crippen LogP) is 5.93. The van der Waals surface area contributed by atoms with Gasteiger partial charge in [0.1, 0.15) is 0 Å². The van der Waals surface area contributed by atoms with Gasteiger partial charge in [0.2, 0.25) is 0 Å². The number of carbonyl (C=O) groups excluding carboxylic acids is 1. The number of carbonyl (C=O) groups is 1. The number of hydrogen-bond donors (Lipinski definition) is 1. The Bertz CT molecular complexity index is 1200. The molecular formula is C34H51AsO5Si. The van der Waals surface area contributed by atoms with Gasteiger partial charge in [-0.05, 0) is 5.04 Å². The van der Waals surface area contributed by atoms with Crippen molar-refractivity contribution in [2.24, 2.45) is 17.3 Å². The number of rotatable bonds is 7. The van der Waals surface area contributed by atoms with Gasteiger partial charge in [0.05, 0.1) is 0 Å². The molecule has 1 aromatic rings. The molecule has 7 heteroatoms. The van der Waals surface area contributed by atoms with E-state index in [0.717, 1.165) is 43.2 Å². The molecule has 4 atom stereocenters. The van der Waals surface area contributed by atoms with Gasteiger partial charge in [0, 0.05) is 0 Å². The second-order valence-corrected chi connectivity index (χ2v) is 22.3. The minimum absolute atomic E-state index is 0.117. The summed E-state index contributed by atoms with van der Waals surface area (Å²) < 4.78 is 20.3. The normalized spacial score (nSPS) is 29.6. The molecule has 1 aliphatic heterocycles. The van der Waals surface area contributed by atoms with E-state index in [4.69, 9.17) is 13.9 Å². The number of benzene rings is 1. The Morgan fingerprint density at radius 1 is 1.02 bits per heavy atom. The van der Waals surface area contributed by atoms with Crippen molar-refractivity contribution in [2.45, 2.75) is 114 Å². The van der Waals surface area contributed by atoms with Crippen LogP contribution in [0.25, 0.3) is 0 Å². The second kappa shape index (κ2) is 11.5. The van der Waals surface area contributed by atoms with E-state index in [-0.39, 0.29) is 16.9 Å². The third-order valence-corrected chi connectivity index (χ3v) is 14.9. The molecule has 0 amide bonds. The molecule has 3 aliphatic carbocycles. The summed E-state index contributed by atoms with van der Waals surface area (Å²) >= 11 is -0.997. The van der Waals surface area contributed by atoms with E-state index in [1.54, 1.807) is 0 Å². The van der Waals surface area contributed by atoms with Crippen LogP contribution in [-0.2, 0) is 18.7 Å². The molecule has 2 fully saturated rings. The molecular weight excluding hydrogens is 591 g/mol. The first-order valence-electron chi connectivity index (χ1n) is 15.5. The Hall–Kier alpha value is -1.01. The van der Waals surface area contributed by atoms with Crippen LogP contribution in [0.4, 0.5) is 0 Å². The molecule has 5 nitrogen and oxygen atoms in total. The summed E-state index contributed by atoms with van der Waals surface area (Å²) in [6, 6.07) is 8.69. The quantitative estimate of drug-likeness (QED) is 0.374. The van der Waals surface area contributed by atoms with Crippen molar-refractivity contribution >= 4 is 34.5 Å². The van der Waals surface area contributed by atoms with Crippen molar-refractivity contribution in [1.82, 2.24) is 0 Å². The van der Waals surface area contributed by atoms with Crippen LogP contribution in [-0.4, -0.2) is 59.9 Å². The molecule has 1 saturated heterocycles. The summed E-state index contributed by atoms with van der Waals surface area (Å²) in [6.45, 7) is 14.4. The third kappa shape index (κ3) is 5.91. The van der Waals surface area contributed by atoms with E-state index in [9.17, 15) is 9.90 Å². The van der Waals surface area contributed by atoms with Crippen LogP contribution in [0.2, 0.25) is 16.5 Å². The minimum atomic E-state index is -0.997. The summed E-state index contributed by atoms with van der Waals surface area (Å²) in [4.78, 5) is 13.8. The van der Waals surface area contributed by atoms with Gasteiger partial charge in [0.25, 0.3) is 0 Å². The zero-order valence-corrected chi connectivity index (χ0v) is 29.8. The summed E-state index contributed by atoms with van der Waals surface area (Å²) in [6.07, 6.45) is 6.35. The molecule has 1 heterocycles. The Balaban J connectivity index is 1.58. The number of ketones is 1. The summed E-state index contributed by atoms with van der Waals surface area (Å²) in [5.41, 5.74) is 8.12. The third-order valence-electron chi connectivity index (χ3n) is 10.4. The fourth-order valence-electron chi connectivity index (χ4n) is 7.72. The van der Waals surface area contributed by atoms with E-state index >= 15 is 0 Å². The first-order chi connectivity index (χ1) is 19.2. The predicted molar refractivity (Wildman–Crippen MR) is 169 cm³/mol. The van der Waals surface area contributed by atoms with Gasteiger partial charge < -0.3 is 0 Å². The first-order valence-corrected chi connectivity index (χ1v) is 21.5. The van der Waals surface area contributed by atoms with Gasteiger partial charge in [-0.1, -0.05) is 20.8 Å². The average molecular weight is 643 g/mol. The standard InChI is InChI=1S/C34H51AsO5Si/c1-31(2,3)41-40-32(4,5)33(6)27(15-16-28(33)36)26-14-11-23-21-34(38-19-20-39-34)18-17-25(23)29(26)30(37)22-9-12-24(13-10-22)35(7)8/h9-10,12-13,21,26-27,30,37H,11,14-20,41H2,1-8H3. The molecule has 1 N–H and O–H groups in total. The molecule has 0 aromatic heterocycles. The van der Waals surface area contributed by atoms with Crippen LogP contribution in [0.1, 0.15) is 91.7 Å². The zero-order chi connectivity index (χ0) is 29.8. The van der Waals surface area contributed by atoms with Crippen LogP contribution in [0.15, 0.2) is 47.1 Å². The molecule has 1 spiro atoms. The number of aliphatic hydroxyl groups excluding tert-OH is 1. The van der Waals surface area contributed by atoms with E-state index in [1.165, 1.54) is 15.5 Å². The molecule has 0 radical (unpaired) electrons. The van der Waals surface area contributed by atoms with E-state index < -0.39 is 47.3 Å². The number of allylic oxidation sites excluding steroid dienone is 2. The zero-order valence-electron chi connectivity index (χ0n) is 26.5. The summed E-state index contributed by atoms with van der Waals surface area (Å²) in [5, 5.41) is 12.4. The number of Topliss-reactive ketones (excluding diaryl/α,β-unsaturated/α-hetero) is 1. The van der Waals surface area contributed by atoms with Crippen LogP contribution < -0.4 is 4.35 Å². The molecule has 5 rings (SSSR count). The molecule has 0 bridgehead atoms. The van der Waals surface area contributed by atoms with E-state index in [2.05, 4.69) is 83.3 Å². The van der Waals surface area contributed by atoms with Crippen LogP contribution in [0, 0.1) is 17.3 Å². The van der Waals surface area contributed by atoms with Gasteiger partial charge in [-0.3, -0.25) is 0 Å². The Morgan fingerprint density at radius 2 is 1.68 bits per heavy atom. The number of aliphatic hydroxyl groups is 1. The summed E-state index contributed by atoms with van der Waals surface area (Å²) in [7, 11) is -0.857. The van der Waals surface area contributed by atoms with Crippen molar-refractivity contribution in [3.63, 3.8) is 0 Å². The Labute approximate surface area is 254 Å². The number of hydrogen-bond acceptors (Lipinski definition) is 5. The molecule has 1 saturated carbocycles. The van der Waals surface area contributed by atoms with Crippen molar-refractivity contribution in [1.29, 1.82) is 0 Å². The fraction of sp³-hybridized carbons (Fsp3) is 0.676. The summed E-state index contributed by atoms with van der Waals surface area (Å²) in [5.74, 6) is -0.0592. The van der Waals surface area contributed by atoms with Crippen molar-refractivity contribution < 1.29 is 23.8 Å². The Morgan fingerprint density at radius 3 is 2.29 bits per heavy atom. The van der Waals surface area contributed by atoms with Gasteiger partial charge in [0.15, 0.2) is 0 Å². The van der Waals surface area contributed by atoms with Gasteiger partial charge >= 0.3 is 230 Å². The van der Waals surface area contributed by atoms with Gasteiger partial charge in [-0.25, -0.2) is 0 Å². The number of ether oxygens (including phenoxy) is 2. The maximum atomic E-state index is 13.8. The van der Waals surface area contributed by atoms with Gasteiger partial charge in [-0.15, -0.1) is 0 Å². The average Bonchev–Trinajstić information content (AvgIpc) is 3.50. The van der Waals surface area contributed by atoms with Gasteiger partial charge in [-0.2, -0.15) is 0 Å². The van der Waals surface area contributed by atoms with Crippen LogP contribution in [0.5, 0.6) is 0 Å². The van der Waals surface area contributed by atoms with Crippen molar-refractivity contribution in [3.05, 3.63) is 52.6 Å². The monoisotopic (exact) mass is 642 g/mol. The maximum absolute atomic E-state index is 13.8. The molecule has 1 aromatic carbocycles. The Kier molecular flexibility index (Phi) is 8.80. The van der Waals surface area contributed by atoms with E-state index in [1.807, 2.05) is 0 Å². The molecule has 4 aliphatic rings. The second-order valence-electron chi connectivity index (χ2n) is 14.8. The first kappa shape index (κ1) is 31.4. The SMILES string of the molecule is C[As](C)c1ccc(C(O)C2=C3CCC4(C=C3CCC2C2CCC(=O)C2(C)C(C)(C)O[SiH2]C(C)(C)C)OCCO4)cc1. The van der Waals surface area contributed by atoms with Crippen molar-refractivity contribution in [3.8, 4) is 0 Å². The van der Waals surface area contributed by atoms with Crippen LogP contribution >= 0.6 is 0 Å². The van der Waals surface area contributed by atoms with Crippen molar-refractivity contribution in [2.75, 3.05) is 13.2 Å². The van der Waals surface area contributed by atoms with E-state index in [0.29, 0.717) is 25.4 Å². The molecule has 41 heavy (non-hydrogen) atoms. The fourth-order valence-corrected chi connectivity index (χ4v) is 10.4. The molecule has 4 unspecified atom stereocenters.